The predicted octanol–water partition coefficient (Wildman–Crippen LogP) is 2.29. The average molecular weight is 302 g/mol. The Hall–Kier alpha value is -2.14. The molecule has 0 radical (unpaired) electrons. The zero-order chi connectivity index (χ0) is 15.9. The van der Waals surface area contributed by atoms with Gasteiger partial charge in [0.2, 0.25) is 5.76 Å². The molecular weight excluding hydrogens is 284 g/mol. The lowest BCUT2D eigenvalue weighted by molar-refractivity contribution is 0.0663. The number of aliphatic hydroxyl groups is 1. The van der Waals surface area contributed by atoms with E-state index < -0.39 is 12.1 Å². The quantitative estimate of drug-likeness (QED) is 0.908. The van der Waals surface area contributed by atoms with Gasteiger partial charge in [-0.25, -0.2) is 4.79 Å². The number of hydrogen-bond donors (Lipinski definition) is 2. The third kappa shape index (κ3) is 2.52. The van der Waals surface area contributed by atoms with Crippen molar-refractivity contribution in [1.82, 2.24) is 0 Å². The summed E-state index contributed by atoms with van der Waals surface area (Å²) in [5, 5.41) is 19.3. The maximum atomic E-state index is 12.2. The van der Waals surface area contributed by atoms with Gasteiger partial charge in [0.15, 0.2) is 5.43 Å². The number of aliphatic hydroxyl groups excluding tert-OH is 1. The molecule has 5 heteroatoms. The highest BCUT2D eigenvalue weighted by molar-refractivity contribution is 5.89. The highest BCUT2D eigenvalue weighted by Crippen LogP contribution is 2.31. The first-order valence-electron chi connectivity index (χ1n) is 7.50. The second kappa shape index (κ2) is 5.57. The number of hydrogen-bond acceptors (Lipinski definition) is 4. The molecule has 1 unspecified atom stereocenters. The predicted molar refractivity (Wildman–Crippen MR) is 81.5 cm³/mol. The summed E-state index contributed by atoms with van der Waals surface area (Å²) in [4.78, 5) is 23.4. The van der Waals surface area contributed by atoms with E-state index >= 15 is 0 Å². The topological polar surface area (TPSA) is 87.7 Å². The molecule has 5 nitrogen and oxygen atoms in total. The van der Waals surface area contributed by atoms with Gasteiger partial charge in [0, 0.05) is 18.1 Å². The van der Waals surface area contributed by atoms with Gasteiger partial charge in [-0.1, -0.05) is 0 Å². The van der Waals surface area contributed by atoms with E-state index in [4.69, 9.17) is 9.52 Å². The Balaban J connectivity index is 2.37. The van der Waals surface area contributed by atoms with E-state index in [1.165, 1.54) is 0 Å². The third-order valence-corrected chi connectivity index (χ3v) is 4.16. The van der Waals surface area contributed by atoms with Crippen molar-refractivity contribution in [3.8, 4) is 0 Å². The summed E-state index contributed by atoms with van der Waals surface area (Å²) < 4.78 is 5.49. The lowest BCUT2D eigenvalue weighted by atomic mass is 9.85. The molecule has 1 aromatic heterocycles. The van der Waals surface area contributed by atoms with Gasteiger partial charge in [0.05, 0.1) is 11.5 Å². The van der Waals surface area contributed by atoms with Gasteiger partial charge in [-0.15, -0.1) is 0 Å². The van der Waals surface area contributed by atoms with Crippen molar-refractivity contribution in [2.45, 2.75) is 45.1 Å². The van der Waals surface area contributed by atoms with Gasteiger partial charge in [-0.3, -0.25) is 4.79 Å². The van der Waals surface area contributed by atoms with E-state index in [0.717, 1.165) is 48.4 Å². The van der Waals surface area contributed by atoms with Crippen molar-refractivity contribution in [2.24, 2.45) is 0 Å². The zero-order valence-corrected chi connectivity index (χ0v) is 12.4. The van der Waals surface area contributed by atoms with Crippen LogP contribution in [-0.4, -0.2) is 22.3 Å². The van der Waals surface area contributed by atoms with Crippen LogP contribution in [0.15, 0.2) is 21.3 Å². The second-order valence-corrected chi connectivity index (χ2v) is 5.91. The van der Waals surface area contributed by atoms with Crippen LogP contribution < -0.4 is 5.43 Å². The Morgan fingerprint density at radius 3 is 2.73 bits per heavy atom. The van der Waals surface area contributed by atoms with E-state index in [9.17, 15) is 14.7 Å². The summed E-state index contributed by atoms with van der Waals surface area (Å²) in [6, 6.07) is 2.85. The fourth-order valence-electron chi connectivity index (χ4n) is 3.22. The third-order valence-electron chi connectivity index (χ3n) is 4.16. The van der Waals surface area contributed by atoms with E-state index in [0.29, 0.717) is 17.4 Å². The van der Waals surface area contributed by atoms with Crippen LogP contribution in [0.3, 0.4) is 0 Å². The summed E-state index contributed by atoms with van der Waals surface area (Å²) in [7, 11) is 0. The maximum absolute atomic E-state index is 12.2. The first kappa shape index (κ1) is 14.8. The minimum Gasteiger partial charge on any atom is -0.475 e. The minimum atomic E-state index is -1.26. The summed E-state index contributed by atoms with van der Waals surface area (Å²) in [6.45, 7) is 1.67. The molecule has 1 heterocycles. The van der Waals surface area contributed by atoms with Crippen LogP contribution in [0.4, 0.5) is 0 Å². The molecule has 0 aliphatic heterocycles. The second-order valence-electron chi connectivity index (χ2n) is 5.91. The molecule has 2 aromatic rings. The highest BCUT2D eigenvalue weighted by Gasteiger charge is 2.22. The van der Waals surface area contributed by atoms with Crippen LogP contribution in [0.1, 0.15) is 47.0 Å². The fourth-order valence-corrected chi connectivity index (χ4v) is 3.22. The average Bonchev–Trinajstić information content (AvgIpc) is 2.47. The van der Waals surface area contributed by atoms with Gasteiger partial charge in [0.25, 0.3) is 0 Å². The van der Waals surface area contributed by atoms with Crippen LogP contribution in [-0.2, 0) is 19.3 Å². The zero-order valence-electron chi connectivity index (χ0n) is 12.4. The van der Waals surface area contributed by atoms with Crippen LogP contribution >= 0.6 is 0 Å². The van der Waals surface area contributed by atoms with Gasteiger partial charge >= 0.3 is 5.97 Å². The lowest BCUT2D eigenvalue weighted by Crippen LogP contribution is -2.15. The molecule has 1 aromatic carbocycles. The van der Waals surface area contributed by atoms with E-state index in [2.05, 4.69) is 0 Å². The number of benzene rings is 1. The molecular formula is C17H18O5. The molecule has 0 amide bonds. The standard InChI is InChI=1S/C17H18O5/c1-9(18)6-12-11-5-3-2-4-10(11)7-13-14(19)8-15(17(20)21)22-16(12)13/h7-9,18H,2-6H2,1H3,(H,20,21). The Morgan fingerprint density at radius 1 is 1.32 bits per heavy atom. The molecule has 0 bridgehead atoms. The van der Waals surface area contributed by atoms with Crippen molar-refractivity contribution < 1.29 is 19.4 Å². The van der Waals surface area contributed by atoms with Gasteiger partial charge in [-0.2, -0.15) is 0 Å². The molecule has 3 rings (SSSR count). The van der Waals surface area contributed by atoms with Crippen molar-refractivity contribution in [1.29, 1.82) is 0 Å². The molecule has 0 fully saturated rings. The first-order valence-corrected chi connectivity index (χ1v) is 7.50. The smallest absolute Gasteiger partial charge is 0.371 e. The number of carbonyl (C=O) groups is 1. The van der Waals surface area contributed by atoms with Crippen LogP contribution in [0.25, 0.3) is 11.0 Å². The van der Waals surface area contributed by atoms with E-state index in [1.807, 2.05) is 6.07 Å². The van der Waals surface area contributed by atoms with Crippen molar-refractivity contribution in [3.05, 3.63) is 44.8 Å². The Morgan fingerprint density at radius 2 is 2.05 bits per heavy atom. The molecule has 22 heavy (non-hydrogen) atoms. The number of rotatable bonds is 3. The highest BCUT2D eigenvalue weighted by atomic mass is 16.4. The van der Waals surface area contributed by atoms with E-state index in [-0.39, 0.29) is 11.2 Å². The number of carboxylic acids is 1. The molecule has 0 spiro atoms. The number of aryl methyl sites for hydroxylation is 1. The minimum absolute atomic E-state index is 0.312. The molecule has 1 aliphatic rings. The number of carboxylic acid groups (broad SMARTS) is 1. The Labute approximate surface area is 127 Å². The van der Waals surface area contributed by atoms with Crippen LogP contribution in [0.2, 0.25) is 0 Å². The number of fused-ring (bicyclic) bond motifs is 2. The van der Waals surface area contributed by atoms with E-state index in [1.54, 1.807) is 6.92 Å². The van der Waals surface area contributed by atoms with Crippen LogP contribution in [0.5, 0.6) is 0 Å². The summed E-state index contributed by atoms with van der Waals surface area (Å²) in [6.07, 6.45) is 3.66. The molecule has 116 valence electrons. The monoisotopic (exact) mass is 302 g/mol. The van der Waals surface area contributed by atoms with Crippen molar-refractivity contribution in [2.75, 3.05) is 0 Å². The van der Waals surface area contributed by atoms with Gasteiger partial charge in [0.1, 0.15) is 5.58 Å². The van der Waals surface area contributed by atoms with Crippen molar-refractivity contribution >= 4 is 16.9 Å². The maximum Gasteiger partial charge on any atom is 0.371 e. The normalized spacial score (nSPS) is 15.5. The molecule has 0 saturated heterocycles. The molecule has 1 aliphatic carbocycles. The van der Waals surface area contributed by atoms with Crippen LogP contribution in [0, 0.1) is 0 Å². The molecule has 1 atom stereocenters. The largest absolute Gasteiger partial charge is 0.475 e. The van der Waals surface area contributed by atoms with Gasteiger partial charge in [-0.05, 0) is 49.8 Å². The summed E-state index contributed by atoms with van der Waals surface area (Å²) in [5.41, 5.74) is 2.96. The SMILES string of the molecule is CC(O)Cc1c2c(cc3c(=O)cc(C(=O)O)oc13)CCCC2. The first-order chi connectivity index (χ1) is 10.5. The Bertz CT molecular complexity index is 801. The Kier molecular flexibility index (Phi) is 3.74. The number of aromatic carboxylic acids is 1. The van der Waals surface area contributed by atoms with Gasteiger partial charge < -0.3 is 14.6 Å². The molecule has 0 saturated carbocycles. The fraction of sp³-hybridized carbons (Fsp3) is 0.412. The summed E-state index contributed by atoms with van der Waals surface area (Å²) in [5.74, 6) is -1.63. The summed E-state index contributed by atoms with van der Waals surface area (Å²) >= 11 is 0. The van der Waals surface area contributed by atoms with Crippen molar-refractivity contribution in [3.63, 3.8) is 0 Å². The molecule has 2 N–H and O–H groups in total. The lowest BCUT2D eigenvalue weighted by Gasteiger charge is -2.21.